The van der Waals surface area contributed by atoms with Crippen LogP contribution in [-0.4, -0.2) is 7.05 Å². The van der Waals surface area contributed by atoms with Gasteiger partial charge in [-0.1, -0.05) is 32.9 Å². The van der Waals surface area contributed by atoms with E-state index < -0.39 is 0 Å². The van der Waals surface area contributed by atoms with Gasteiger partial charge in [0.05, 0.1) is 0 Å². The largest absolute Gasteiger partial charge is 0.313 e. The Morgan fingerprint density at radius 1 is 1.18 bits per heavy atom. The minimum Gasteiger partial charge on any atom is -0.313 e. The highest BCUT2D eigenvalue weighted by Crippen LogP contribution is 2.25. The lowest BCUT2D eigenvalue weighted by Gasteiger charge is -2.22. The van der Waals surface area contributed by atoms with Gasteiger partial charge in [0, 0.05) is 6.04 Å². The summed E-state index contributed by atoms with van der Waals surface area (Å²) >= 11 is 0. The van der Waals surface area contributed by atoms with E-state index in [1.165, 1.54) is 12.5 Å². The molecule has 0 fully saturated rings. The molecule has 0 saturated heterocycles. The zero-order valence-electron chi connectivity index (χ0n) is 11.3. The monoisotopic (exact) mass is 237 g/mol. The van der Waals surface area contributed by atoms with Gasteiger partial charge in [-0.05, 0) is 49.4 Å². The third-order valence-corrected chi connectivity index (χ3v) is 3.11. The smallest absolute Gasteiger partial charge is 0.123 e. The Balaban J connectivity index is 2.65. The number of hydrogen-bond acceptors (Lipinski definition) is 1. The number of nitrogens with one attached hydrogen (secondary N) is 1. The SMILES string of the molecule is CNC(CC(C)CC(C)C)c1cccc(F)c1. The first-order chi connectivity index (χ1) is 8.02. The Morgan fingerprint density at radius 2 is 1.88 bits per heavy atom. The second-order valence-electron chi connectivity index (χ2n) is 5.37. The van der Waals surface area contributed by atoms with Crippen molar-refractivity contribution >= 4 is 0 Å². The van der Waals surface area contributed by atoms with E-state index in [1.54, 1.807) is 12.1 Å². The lowest BCUT2D eigenvalue weighted by Crippen LogP contribution is -2.19. The van der Waals surface area contributed by atoms with Gasteiger partial charge in [-0.25, -0.2) is 4.39 Å². The van der Waals surface area contributed by atoms with E-state index in [2.05, 4.69) is 26.1 Å². The number of rotatable bonds is 6. The molecule has 1 nitrogen and oxygen atoms in total. The summed E-state index contributed by atoms with van der Waals surface area (Å²) in [7, 11) is 1.94. The quantitative estimate of drug-likeness (QED) is 0.783. The van der Waals surface area contributed by atoms with Crippen LogP contribution < -0.4 is 5.32 Å². The van der Waals surface area contributed by atoms with Crippen LogP contribution in [0, 0.1) is 17.7 Å². The summed E-state index contributed by atoms with van der Waals surface area (Å²) in [4.78, 5) is 0. The summed E-state index contributed by atoms with van der Waals surface area (Å²) < 4.78 is 13.2. The molecule has 2 unspecified atom stereocenters. The minimum absolute atomic E-state index is 0.153. The van der Waals surface area contributed by atoms with Crippen LogP contribution in [0.1, 0.15) is 45.2 Å². The van der Waals surface area contributed by atoms with Gasteiger partial charge in [0.2, 0.25) is 0 Å². The van der Waals surface area contributed by atoms with E-state index >= 15 is 0 Å². The maximum absolute atomic E-state index is 13.2. The Kier molecular flexibility index (Phi) is 5.63. The van der Waals surface area contributed by atoms with Gasteiger partial charge in [-0.15, -0.1) is 0 Å². The molecule has 0 aliphatic rings. The van der Waals surface area contributed by atoms with Crippen molar-refractivity contribution in [3.63, 3.8) is 0 Å². The highest BCUT2D eigenvalue weighted by atomic mass is 19.1. The average Bonchev–Trinajstić information content (AvgIpc) is 2.24. The van der Waals surface area contributed by atoms with Crippen LogP contribution in [0.15, 0.2) is 24.3 Å². The zero-order chi connectivity index (χ0) is 12.8. The summed E-state index contributed by atoms with van der Waals surface area (Å²) in [6, 6.07) is 7.14. The molecular weight excluding hydrogens is 213 g/mol. The molecule has 0 saturated carbocycles. The van der Waals surface area contributed by atoms with E-state index in [9.17, 15) is 4.39 Å². The molecule has 1 aromatic rings. The molecule has 0 aliphatic carbocycles. The molecule has 1 aromatic carbocycles. The fraction of sp³-hybridized carbons (Fsp3) is 0.600. The molecule has 2 heteroatoms. The minimum atomic E-state index is -0.153. The predicted octanol–water partition coefficient (Wildman–Crippen LogP) is 4.16. The van der Waals surface area contributed by atoms with Crippen LogP contribution in [0.4, 0.5) is 4.39 Å². The topological polar surface area (TPSA) is 12.0 Å². The van der Waals surface area contributed by atoms with Crippen molar-refractivity contribution in [3.8, 4) is 0 Å². The van der Waals surface area contributed by atoms with Crippen molar-refractivity contribution < 1.29 is 4.39 Å². The molecule has 1 N–H and O–H groups in total. The summed E-state index contributed by atoms with van der Waals surface area (Å²) in [6.07, 6.45) is 2.27. The lowest BCUT2D eigenvalue weighted by atomic mass is 9.90. The van der Waals surface area contributed by atoms with E-state index in [1.807, 2.05) is 13.1 Å². The maximum Gasteiger partial charge on any atom is 0.123 e. The van der Waals surface area contributed by atoms with Crippen LogP contribution in [0.25, 0.3) is 0 Å². The zero-order valence-corrected chi connectivity index (χ0v) is 11.3. The van der Waals surface area contributed by atoms with Crippen LogP contribution >= 0.6 is 0 Å². The Hall–Kier alpha value is -0.890. The number of benzene rings is 1. The Labute approximate surface area is 104 Å². The van der Waals surface area contributed by atoms with E-state index in [4.69, 9.17) is 0 Å². The average molecular weight is 237 g/mol. The first-order valence-electron chi connectivity index (χ1n) is 6.45. The van der Waals surface area contributed by atoms with Gasteiger partial charge in [0.15, 0.2) is 0 Å². The normalized spacial score (nSPS) is 14.9. The van der Waals surface area contributed by atoms with Gasteiger partial charge >= 0.3 is 0 Å². The highest BCUT2D eigenvalue weighted by molar-refractivity contribution is 5.20. The van der Waals surface area contributed by atoms with Gasteiger partial charge < -0.3 is 5.32 Å². The van der Waals surface area contributed by atoms with Gasteiger partial charge in [-0.3, -0.25) is 0 Å². The molecule has 1 rings (SSSR count). The third-order valence-electron chi connectivity index (χ3n) is 3.11. The molecule has 0 spiro atoms. The van der Waals surface area contributed by atoms with Crippen LogP contribution in [-0.2, 0) is 0 Å². The van der Waals surface area contributed by atoms with Crippen molar-refractivity contribution in [2.75, 3.05) is 7.05 Å². The lowest BCUT2D eigenvalue weighted by molar-refractivity contribution is 0.366. The summed E-state index contributed by atoms with van der Waals surface area (Å²) in [5.41, 5.74) is 1.04. The molecule has 0 heterocycles. The number of hydrogen-bond donors (Lipinski definition) is 1. The molecule has 17 heavy (non-hydrogen) atoms. The fourth-order valence-corrected chi connectivity index (χ4v) is 2.45. The van der Waals surface area contributed by atoms with E-state index in [-0.39, 0.29) is 11.9 Å². The molecule has 2 atom stereocenters. The second-order valence-corrected chi connectivity index (χ2v) is 5.37. The van der Waals surface area contributed by atoms with Gasteiger partial charge in [0.1, 0.15) is 5.82 Å². The summed E-state index contributed by atoms with van der Waals surface area (Å²) in [5, 5.41) is 3.28. The van der Waals surface area contributed by atoms with Gasteiger partial charge in [-0.2, -0.15) is 0 Å². The van der Waals surface area contributed by atoms with Crippen molar-refractivity contribution in [1.29, 1.82) is 0 Å². The predicted molar refractivity (Wildman–Crippen MR) is 71.4 cm³/mol. The number of halogens is 1. The summed E-state index contributed by atoms with van der Waals surface area (Å²) in [6.45, 7) is 6.75. The molecule has 0 amide bonds. The molecule has 96 valence electrons. The Bertz CT molecular complexity index is 335. The first-order valence-corrected chi connectivity index (χ1v) is 6.45. The molecular formula is C15H24FN. The first kappa shape index (κ1) is 14.2. The molecule has 0 bridgehead atoms. The third kappa shape index (κ3) is 4.86. The summed E-state index contributed by atoms with van der Waals surface area (Å²) in [5.74, 6) is 1.21. The van der Waals surface area contributed by atoms with Crippen molar-refractivity contribution in [1.82, 2.24) is 5.32 Å². The van der Waals surface area contributed by atoms with Gasteiger partial charge in [0.25, 0.3) is 0 Å². The standard InChI is InChI=1S/C15H24FN/c1-11(2)8-12(3)9-15(17-4)13-6-5-7-14(16)10-13/h5-7,10-12,15,17H,8-9H2,1-4H3. The fourth-order valence-electron chi connectivity index (χ4n) is 2.45. The molecule has 0 radical (unpaired) electrons. The van der Waals surface area contributed by atoms with E-state index in [0.29, 0.717) is 5.92 Å². The molecule has 0 aromatic heterocycles. The second kappa shape index (κ2) is 6.75. The van der Waals surface area contributed by atoms with Crippen molar-refractivity contribution in [2.24, 2.45) is 11.8 Å². The van der Waals surface area contributed by atoms with Crippen LogP contribution in [0.2, 0.25) is 0 Å². The van der Waals surface area contributed by atoms with Crippen LogP contribution in [0.3, 0.4) is 0 Å². The maximum atomic E-state index is 13.2. The Morgan fingerprint density at radius 3 is 2.41 bits per heavy atom. The van der Waals surface area contributed by atoms with Crippen LogP contribution in [0.5, 0.6) is 0 Å². The van der Waals surface area contributed by atoms with Crippen molar-refractivity contribution in [3.05, 3.63) is 35.6 Å². The highest BCUT2D eigenvalue weighted by Gasteiger charge is 2.14. The molecule has 0 aliphatic heterocycles. The van der Waals surface area contributed by atoms with Crippen molar-refractivity contribution in [2.45, 2.75) is 39.7 Å². The van der Waals surface area contributed by atoms with E-state index in [0.717, 1.165) is 17.9 Å².